The summed E-state index contributed by atoms with van der Waals surface area (Å²) in [7, 11) is -2.08. The molecule has 2 rings (SSSR count). The zero-order valence-electron chi connectivity index (χ0n) is 12.6. The Hall–Kier alpha value is -1.11. The fourth-order valence-electron chi connectivity index (χ4n) is 2.88. The highest BCUT2D eigenvalue weighted by Crippen LogP contribution is 2.30. The van der Waals surface area contributed by atoms with E-state index in [1.54, 1.807) is 18.2 Å². The maximum absolute atomic E-state index is 12.4. The van der Waals surface area contributed by atoms with Gasteiger partial charge >= 0.3 is 0 Å². The van der Waals surface area contributed by atoms with E-state index in [4.69, 9.17) is 10.5 Å². The molecular weight excluding hydrogens is 288 g/mol. The minimum Gasteiger partial charge on any atom is -0.495 e. The number of benzene rings is 1. The molecule has 1 aliphatic rings. The number of hydrogen-bond acceptors (Lipinski definition) is 4. The SMILES string of the molecule is COc1cc(CN)ccc1S(=O)(=O)NCC1CCC(C)C1. The number of sulfonamides is 1. The van der Waals surface area contributed by atoms with Gasteiger partial charge in [-0.05, 0) is 42.4 Å². The normalized spacial score (nSPS) is 22.4. The first-order valence-corrected chi connectivity index (χ1v) is 8.81. The van der Waals surface area contributed by atoms with Crippen molar-refractivity contribution in [3.05, 3.63) is 23.8 Å². The van der Waals surface area contributed by atoms with Crippen molar-refractivity contribution in [1.82, 2.24) is 4.72 Å². The van der Waals surface area contributed by atoms with Gasteiger partial charge in [0, 0.05) is 13.1 Å². The lowest BCUT2D eigenvalue weighted by Gasteiger charge is -2.14. The number of nitrogens with one attached hydrogen (secondary N) is 1. The fraction of sp³-hybridized carbons (Fsp3) is 0.600. The quantitative estimate of drug-likeness (QED) is 0.840. The number of hydrogen-bond donors (Lipinski definition) is 2. The second kappa shape index (κ2) is 6.77. The zero-order chi connectivity index (χ0) is 15.5. The van der Waals surface area contributed by atoms with Crippen molar-refractivity contribution in [3.63, 3.8) is 0 Å². The van der Waals surface area contributed by atoms with Crippen LogP contribution in [-0.2, 0) is 16.6 Å². The first kappa shape index (κ1) is 16.3. The molecule has 21 heavy (non-hydrogen) atoms. The van der Waals surface area contributed by atoms with Gasteiger partial charge in [0.15, 0.2) is 0 Å². The summed E-state index contributed by atoms with van der Waals surface area (Å²) >= 11 is 0. The third-order valence-electron chi connectivity index (χ3n) is 4.12. The monoisotopic (exact) mass is 312 g/mol. The van der Waals surface area contributed by atoms with Crippen LogP contribution in [0, 0.1) is 11.8 Å². The summed E-state index contributed by atoms with van der Waals surface area (Å²) in [5.41, 5.74) is 6.41. The van der Waals surface area contributed by atoms with Gasteiger partial charge in [0.25, 0.3) is 0 Å². The highest BCUT2D eigenvalue weighted by atomic mass is 32.2. The number of rotatable bonds is 6. The van der Waals surface area contributed by atoms with Crippen molar-refractivity contribution in [3.8, 4) is 5.75 Å². The van der Waals surface area contributed by atoms with Gasteiger partial charge < -0.3 is 10.5 Å². The lowest BCUT2D eigenvalue weighted by atomic mass is 10.1. The van der Waals surface area contributed by atoms with E-state index >= 15 is 0 Å². The molecule has 0 radical (unpaired) electrons. The van der Waals surface area contributed by atoms with Crippen LogP contribution in [0.4, 0.5) is 0 Å². The summed E-state index contributed by atoms with van der Waals surface area (Å²) in [4.78, 5) is 0.174. The van der Waals surface area contributed by atoms with E-state index in [0.717, 1.165) is 18.4 Å². The topological polar surface area (TPSA) is 81.4 Å². The van der Waals surface area contributed by atoms with Crippen LogP contribution < -0.4 is 15.2 Å². The maximum atomic E-state index is 12.4. The van der Waals surface area contributed by atoms with Crippen molar-refractivity contribution in [2.45, 2.75) is 37.6 Å². The van der Waals surface area contributed by atoms with E-state index in [0.29, 0.717) is 30.7 Å². The summed E-state index contributed by atoms with van der Waals surface area (Å²) in [5, 5.41) is 0. The molecule has 0 bridgehead atoms. The lowest BCUT2D eigenvalue weighted by molar-refractivity contribution is 0.401. The molecule has 5 nitrogen and oxygen atoms in total. The van der Waals surface area contributed by atoms with Crippen molar-refractivity contribution < 1.29 is 13.2 Å². The van der Waals surface area contributed by atoms with Crippen molar-refractivity contribution in [2.24, 2.45) is 17.6 Å². The number of ether oxygens (including phenoxy) is 1. The van der Waals surface area contributed by atoms with Gasteiger partial charge in [-0.3, -0.25) is 0 Å². The molecular formula is C15H24N2O3S. The van der Waals surface area contributed by atoms with Crippen LogP contribution in [0.5, 0.6) is 5.75 Å². The molecule has 0 heterocycles. The van der Waals surface area contributed by atoms with E-state index in [1.165, 1.54) is 13.5 Å². The molecule has 1 saturated carbocycles. The molecule has 1 aromatic rings. The van der Waals surface area contributed by atoms with Crippen LogP contribution >= 0.6 is 0 Å². The van der Waals surface area contributed by atoms with E-state index < -0.39 is 10.0 Å². The molecule has 6 heteroatoms. The van der Waals surface area contributed by atoms with E-state index in [1.807, 2.05) is 0 Å². The molecule has 1 aromatic carbocycles. The first-order valence-electron chi connectivity index (χ1n) is 7.33. The molecule has 2 atom stereocenters. The summed E-state index contributed by atoms with van der Waals surface area (Å²) < 4.78 is 32.8. The van der Waals surface area contributed by atoms with Gasteiger partial charge in [-0.15, -0.1) is 0 Å². The van der Waals surface area contributed by atoms with E-state index in [2.05, 4.69) is 11.6 Å². The van der Waals surface area contributed by atoms with Crippen LogP contribution in [-0.4, -0.2) is 22.1 Å². The molecule has 0 spiro atoms. The van der Waals surface area contributed by atoms with E-state index in [9.17, 15) is 8.42 Å². The highest BCUT2D eigenvalue weighted by molar-refractivity contribution is 7.89. The Morgan fingerprint density at radius 1 is 1.38 bits per heavy atom. The minimum atomic E-state index is -3.55. The lowest BCUT2D eigenvalue weighted by Crippen LogP contribution is -2.29. The Morgan fingerprint density at radius 3 is 2.71 bits per heavy atom. The first-order chi connectivity index (χ1) is 9.96. The molecule has 0 aromatic heterocycles. The molecule has 118 valence electrons. The van der Waals surface area contributed by atoms with Gasteiger partial charge in [0.1, 0.15) is 10.6 Å². The predicted molar refractivity (Wildman–Crippen MR) is 82.6 cm³/mol. The number of methoxy groups -OCH3 is 1. The predicted octanol–water partition coefficient (Wildman–Crippen LogP) is 1.87. The second-order valence-corrected chi connectivity index (χ2v) is 7.56. The van der Waals surface area contributed by atoms with Gasteiger partial charge in [0.2, 0.25) is 10.0 Å². The Bertz CT molecular complexity index is 587. The molecule has 0 saturated heterocycles. The molecule has 2 unspecified atom stereocenters. The third kappa shape index (κ3) is 3.96. The molecule has 3 N–H and O–H groups in total. The van der Waals surface area contributed by atoms with Crippen LogP contribution in [0.25, 0.3) is 0 Å². The standard InChI is InChI=1S/C15H24N2O3S/c1-11-3-4-13(7-11)10-17-21(18,19)15-6-5-12(9-16)8-14(15)20-2/h5-6,8,11,13,17H,3-4,7,9-10,16H2,1-2H3. The largest absolute Gasteiger partial charge is 0.495 e. The van der Waals surface area contributed by atoms with Crippen molar-refractivity contribution in [1.29, 1.82) is 0 Å². The zero-order valence-corrected chi connectivity index (χ0v) is 13.4. The van der Waals surface area contributed by atoms with Crippen LogP contribution in [0.1, 0.15) is 31.7 Å². The Labute approximate surface area is 126 Å². The van der Waals surface area contributed by atoms with Crippen LogP contribution in [0.2, 0.25) is 0 Å². The van der Waals surface area contributed by atoms with Crippen molar-refractivity contribution in [2.75, 3.05) is 13.7 Å². The van der Waals surface area contributed by atoms with Gasteiger partial charge in [-0.25, -0.2) is 13.1 Å². The maximum Gasteiger partial charge on any atom is 0.244 e. The van der Waals surface area contributed by atoms with Crippen LogP contribution in [0.3, 0.4) is 0 Å². The average molecular weight is 312 g/mol. The fourth-order valence-corrected chi connectivity index (χ4v) is 4.14. The van der Waals surface area contributed by atoms with E-state index in [-0.39, 0.29) is 4.90 Å². The Kier molecular flexibility index (Phi) is 5.24. The summed E-state index contributed by atoms with van der Waals surface area (Å²) in [5.74, 6) is 1.47. The van der Waals surface area contributed by atoms with Gasteiger partial charge in [-0.2, -0.15) is 0 Å². The third-order valence-corrected chi connectivity index (χ3v) is 5.58. The van der Waals surface area contributed by atoms with Crippen LogP contribution in [0.15, 0.2) is 23.1 Å². The molecule has 0 aliphatic heterocycles. The molecule has 1 aliphatic carbocycles. The van der Waals surface area contributed by atoms with Gasteiger partial charge in [0.05, 0.1) is 7.11 Å². The smallest absolute Gasteiger partial charge is 0.244 e. The summed E-state index contributed by atoms with van der Waals surface area (Å²) in [6.07, 6.45) is 3.36. The summed E-state index contributed by atoms with van der Waals surface area (Å²) in [6.45, 7) is 3.06. The Balaban J connectivity index is 2.11. The average Bonchev–Trinajstić information content (AvgIpc) is 2.90. The van der Waals surface area contributed by atoms with Crippen molar-refractivity contribution >= 4 is 10.0 Å². The highest BCUT2D eigenvalue weighted by Gasteiger charge is 2.25. The van der Waals surface area contributed by atoms with Gasteiger partial charge in [-0.1, -0.05) is 19.4 Å². The molecule has 0 amide bonds. The molecule has 1 fully saturated rings. The summed E-state index contributed by atoms with van der Waals surface area (Å²) in [6, 6.07) is 4.95. The Morgan fingerprint density at radius 2 is 2.14 bits per heavy atom. The second-order valence-electron chi connectivity index (χ2n) is 5.83. The number of nitrogens with two attached hydrogens (primary N) is 1. The minimum absolute atomic E-state index is 0.174.